The van der Waals surface area contributed by atoms with Gasteiger partial charge in [0.05, 0.1) is 0 Å². The normalized spacial score (nSPS) is 30.9. The maximum atomic E-state index is 5.94. The molecular formula is C13H26N2. The lowest BCUT2D eigenvalue weighted by Crippen LogP contribution is -2.51. The summed E-state index contributed by atoms with van der Waals surface area (Å²) in [5.41, 5.74) is 6.60. The number of rotatable bonds is 4. The van der Waals surface area contributed by atoms with Crippen LogP contribution in [0.5, 0.6) is 0 Å². The van der Waals surface area contributed by atoms with E-state index < -0.39 is 0 Å². The molecular weight excluding hydrogens is 184 g/mol. The fourth-order valence-corrected chi connectivity index (χ4v) is 2.47. The van der Waals surface area contributed by atoms with Crippen LogP contribution in [0, 0.1) is 5.41 Å². The van der Waals surface area contributed by atoms with Gasteiger partial charge in [0, 0.05) is 18.6 Å². The maximum Gasteiger partial charge on any atom is 0.0307 e. The average molecular weight is 210 g/mol. The fraction of sp³-hybridized carbons (Fsp3) is 0.846. The molecule has 0 radical (unpaired) electrons. The average Bonchev–Trinajstić information content (AvgIpc) is 2.35. The highest BCUT2D eigenvalue weighted by Gasteiger charge is 2.33. The van der Waals surface area contributed by atoms with Crippen LogP contribution >= 0.6 is 0 Å². The zero-order chi connectivity index (χ0) is 11.4. The third-order valence-corrected chi connectivity index (χ3v) is 3.80. The van der Waals surface area contributed by atoms with E-state index in [1.54, 1.807) is 0 Å². The summed E-state index contributed by atoms with van der Waals surface area (Å²) < 4.78 is 0. The van der Waals surface area contributed by atoms with E-state index in [4.69, 9.17) is 5.73 Å². The van der Waals surface area contributed by atoms with Gasteiger partial charge in [-0.2, -0.15) is 0 Å². The van der Waals surface area contributed by atoms with Crippen molar-refractivity contribution < 1.29 is 0 Å². The van der Waals surface area contributed by atoms with Crippen LogP contribution in [0.3, 0.4) is 0 Å². The van der Waals surface area contributed by atoms with Crippen molar-refractivity contribution in [2.45, 2.75) is 51.5 Å². The summed E-state index contributed by atoms with van der Waals surface area (Å²) in [6, 6.07) is 0. The summed E-state index contributed by atoms with van der Waals surface area (Å²) >= 11 is 0. The number of nitrogens with one attached hydrogen (secondary N) is 1. The molecule has 3 N–H and O–H groups in total. The maximum absolute atomic E-state index is 5.94. The highest BCUT2D eigenvalue weighted by Crippen LogP contribution is 2.37. The van der Waals surface area contributed by atoms with E-state index in [2.05, 4.69) is 25.7 Å². The first-order chi connectivity index (χ1) is 7.04. The van der Waals surface area contributed by atoms with E-state index >= 15 is 0 Å². The van der Waals surface area contributed by atoms with Crippen LogP contribution in [0.2, 0.25) is 0 Å². The van der Waals surface area contributed by atoms with Crippen LogP contribution < -0.4 is 11.1 Å². The zero-order valence-electron chi connectivity index (χ0n) is 10.3. The Kier molecular flexibility index (Phi) is 4.35. The van der Waals surface area contributed by atoms with Crippen molar-refractivity contribution in [3.63, 3.8) is 0 Å². The predicted molar refractivity (Wildman–Crippen MR) is 66.9 cm³/mol. The SMILES string of the molecule is C=CCNC1(CN)CCCC(C)(C)CC1. The summed E-state index contributed by atoms with van der Waals surface area (Å²) in [6.07, 6.45) is 8.21. The van der Waals surface area contributed by atoms with Gasteiger partial charge in [-0.05, 0) is 31.1 Å². The van der Waals surface area contributed by atoms with Gasteiger partial charge in [0.15, 0.2) is 0 Å². The van der Waals surface area contributed by atoms with E-state index in [-0.39, 0.29) is 5.54 Å². The van der Waals surface area contributed by atoms with Gasteiger partial charge in [-0.25, -0.2) is 0 Å². The molecule has 2 heteroatoms. The molecule has 0 aromatic carbocycles. The lowest BCUT2D eigenvalue weighted by atomic mass is 9.83. The lowest BCUT2D eigenvalue weighted by molar-refractivity contribution is 0.273. The minimum absolute atomic E-state index is 0.169. The standard InChI is InChI=1S/C13H26N2/c1-4-10-15-13(11-14)7-5-6-12(2,3)8-9-13/h4,15H,1,5-11,14H2,2-3H3. The highest BCUT2D eigenvalue weighted by atomic mass is 15.0. The first kappa shape index (κ1) is 12.7. The molecule has 1 saturated carbocycles. The van der Waals surface area contributed by atoms with E-state index in [0.29, 0.717) is 5.41 Å². The monoisotopic (exact) mass is 210 g/mol. The Morgan fingerprint density at radius 1 is 1.27 bits per heavy atom. The summed E-state index contributed by atoms with van der Waals surface area (Å²) in [7, 11) is 0. The summed E-state index contributed by atoms with van der Waals surface area (Å²) in [6.45, 7) is 10.1. The predicted octanol–water partition coefficient (Wildman–Crippen LogP) is 2.45. The number of nitrogens with two attached hydrogens (primary N) is 1. The molecule has 0 aliphatic heterocycles. The van der Waals surface area contributed by atoms with Crippen LogP contribution in [-0.4, -0.2) is 18.6 Å². The summed E-state index contributed by atoms with van der Waals surface area (Å²) in [5.74, 6) is 0. The van der Waals surface area contributed by atoms with Crippen LogP contribution in [0.15, 0.2) is 12.7 Å². The Bertz CT molecular complexity index is 211. The van der Waals surface area contributed by atoms with Gasteiger partial charge in [0.1, 0.15) is 0 Å². The van der Waals surface area contributed by atoms with E-state index in [0.717, 1.165) is 13.1 Å². The van der Waals surface area contributed by atoms with Crippen LogP contribution in [-0.2, 0) is 0 Å². The Balaban J connectivity index is 2.61. The smallest absolute Gasteiger partial charge is 0.0307 e. The second-order valence-corrected chi connectivity index (χ2v) is 5.67. The summed E-state index contributed by atoms with van der Waals surface area (Å²) in [4.78, 5) is 0. The van der Waals surface area contributed by atoms with Crippen molar-refractivity contribution in [2.75, 3.05) is 13.1 Å². The van der Waals surface area contributed by atoms with Crippen molar-refractivity contribution in [1.29, 1.82) is 0 Å². The first-order valence-electron chi connectivity index (χ1n) is 6.10. The fourth-order valence-electron chi connectivity index (χ4n) is 2.47. The van der Waals surface area contributed by atoms with Crippen molar-refractivity contribution >= 4 is 0 Å². The molecule has 0 amide bonds. The van der Waals surface area contributed by atoms with E-state index in [1.807, 2.05) is 6.08 Å². The third kappa shape index (κ3) is 3.62. The van der Waals surface area contributed by atoms with Crippen LogP contribution in [0.1, 0.15) is 46.0 Å². The minimum Gasteiger partial charge on any atom is -0.329 e. The Morgan fingerprint density at radius 2 is 2.00 bits per heavy atom. The van der Waals surface area contributed by atoms with E-state index in [9.17, 15) is 0 Å². The van der Waals surface area contributed by atoms with Crippen molar-refractivity contribution in [3.8, 4) is 0 Å². The van der Waals surface area contributed by atoms with Crippen molar-refractivity contribution in [2.24, 2.45) is 11.1 Å². The molecule has 0 saturated heterocycles. The minimum atomic E-state index is 0.169. The first-order valence-corrected chi connectivity index (χ1v) is 6.10. The molecule has 1 aliphatic carbocycles. The molecule has 0 heterocycles. The molecule has 0 aromatic heterocycles. The van der Waals surface area contributed by atoms with Gasteiger partial charge in [0.25, 0.3) is 0 Å². The zero-order valence-corrected chi connectivity index (χ0v) is 10.3. The van der Waals surface area contributed by atoms with E-state index in [1.165, 1.54) is 32.1 Å². The summed E-state index contributed by atoms with van der Waals surface area (Å²) in [5, 5.41) is 3.57. The van der Waals surface area contributed by atoms with Gasteiger partial charge in [-0.15, -0.1) is 6.58 Å². The van der Waals surface area contributed by atoms with Gasteiger partial charge >= 0.3 is 0 Å². The largest absolute Gasteiger partial charge is 0.329 e. The van der Waals surface area contributed by atoms with Crippen LogP contribution in [0.25, 0.3) is 0 Å². The highest BCUT2D eigenvalue weighted by molar-refractivity contribution is 4.95. The third-order valence-electron chi connectivity index (χ3n) is 3.80. The van der Waals surface area contributed by atoms with Crippen molar-refractivity contribution in [3.05, 3.63) is 12.7 Å². The van der Waals surface area contributed by atoms with Crippen LogP contribution in [0.4, 0.5) is 0 Å². The quantitative estimate of drug-likeness (QED) is 0.552. The van der Waals surface area contributed by atoms with Gasteiger partial charge < -0.3 is 11.1 Å². The Hall–Kier alpha value is -0.340. The lowest BCUT2D eigenvalue weighted by Gasteiger charge is -2.33. The molecule has 1 atom stereocenters. The van der Waals surface area contributed by atoms with Gasteiger partial charge in [-0.1, -0.05) is 26.3 Å². The van der Waals surface area contributed by atoms with Gasteiger partial charge in [-0.3, -0.25) is 0 Å². The molecule has 88 valence electrons. The molecule has 2 nitrogen and oxygen atoms in total. The van der Waals surface area contributed by atoms with Crippen molar-refractivity contribution in [1.82, 2.24) is 5.32 Å². The molecule has 0 spiro atoms. The number of hydrogen-bond donors (Lipinski definition) is 2. The number of hydrogen-bond acceptors (Lipinski definition) is 2. The molecule has 1 rings (SSSR count). The Morgan fingerprint density at radius 3 is 2.60 bits per heavy atom. The molecule has 1 fully saturated rings. The molecule has 0 aromatic rings. The second kappa shape index (κ2) is 5.13. The molecule has 1 unspecified atom stereocenters. The molecule has 15 heavy (non-hydrogen) atoms. The topological polar surface area (TPSA) is 38.0 Å². The molecule has 0 bridgehead atoms. The van der Waals surface area contributed by atoms with Gasteiger partial charge in [0.2, 0.25) is 0 Å². The molecule has 1 aliphatic rings. The second-order valence-electron chi connectivity index (χ2n) is 5.67. The Labute approximate surface area is 94.3 Å².